The van der Waals surface area contributed by atoms with Gasteiger partial charge in [-0.2, -0.15) is 22.0 Å². The first-order chi connectivity index (χ1) is 6.63. The molecule has 1 amide bonds. The van der Waals surface area contributed by atoms with Gasteiger partial charge in [-0.15, -0.1) is 0 Å². The van der Waals surface area contributed by atoms with Crippen molar-refractivity contribution < 1.29 is 26.7 Å². The number of rotatable bonds is 4. The molecule has 0 bridgehead atoms. The second-order valence-electron chi connectivity index (χ2n) is 2.97. The molecule has 0 aliphatic heterocycles. The number of nitrogens with one attached hydrogen (secondary N) is 2. The predicted octanol–water partition coefficient (Wildman–Crippen LogP) is 0.908. The zero-order valence-corrected chi connectivity index (χ0v) is 8.08. The minimum atomic E-state index is -5.86. The van der Waals surface area contributed by atoms with Crippen LogP contribution in [0.2, 0.25) is 0 Å². The number of alkyl halides is 5. The number of hydrogen-bond donors (Lipinski definition) is 2. The maximum absolute atomic E-state index is 12.3. The SMILES string of the molecule is CNC(C)CNC(=O)C(F)(F)C(F)(F)F. The standard InChI is InChI=1S/C7H11F5N2O/c1-4(13-2)3-14-5(15)6(8,9)7(10,11)12/h4,13H,3H2,1-2H3,(H,14,15). The number of carbonyl (C=O) groups excluding carboxylic acids is 1. The number of likely N-dealkylation sites (N-methyl/N-ethyl adjacent to an activating group) is 1. The smallest absolute Gasteiger partial charge is 0.349 e. The van der Waals surface area contributed by atoms with E-state index < -0.39 is 24.0 Å². The number of amides is 1. The van der Waals surface area contributed by atoms with Gasteiger partial charge in [0.05, 0.1) is 0 Å². The van der Waals surface area contributed by atoms with Gasteiger partial charge in [-0.05, 0) is 14.0 Å². The number of carbonyl (C=O) groups is 1. The van der Waals surface area contributed by atoms with Crippen molar-refractivity contribution in [2.75, 3.05) is 13.6 Å². The van der Waals surface area contributed by atoms with Gasteiger partial charge in [-0.25, -0.2) is 0 Å². The van der Waals surface area contributed by atoms with E-state index in [4.69, 9.17) is 0 Å². The minimum absolute atomic E-state index is 0.305. The van der Waals surface area contributed by atoms with Gasteiger partial charge in [0, 0.05) is 12.6 Å². The van der Waals surface area contributed by atoms with Crippen LogP contribution >= 0.6 is 0 Å². The van der Waals surface area contributed by atoms with Crippen LogP contribution in [-0.2, 0) is 4.79 Å². The summed E-state index contributed by atoms with van der Waals surface area (Å²) in [6.07, 6.45) is -5.86. The van der Waals surface area contributed by atoms with E-state index in [1.165, 1.54) is 19.3 Å². The van der Waals surface area contributed by atoms with Gasteiger partial charge in [0.2, 0.25) is 0 Å². The van der Waals surface area contributed by atoms with E-state index in [2.05, 4.69) is 5.32 Å². The van der Waals surface area contributed by atoms with Gasteiger partial charge in [0.25, 0.3) is 5.91 Å². The van der Waals surface area contributed by atoms with Crippen LogP contribution in [0, 0.1) is 0 Å². The van der Waals surface area contributed by atoms with Crippen molar-refractivity contribution in [3.05, 3.63) is 0 Å². The Balaban J connectivity index is 4.33. The lowest BCUT2D eigenvalue weighted by molar-refractivity contribution is -0.269. The highest BCUT2D eigenvalue weighted by molar-refractivity contribution is 5.84. The van der Waals surface area contributed by atoms with E-state index in [1.54, 1.807) is 0 Å². The molecule has 0 aromatic heterocycles. The van der Waals surface area contributed by atoms with E-state index in [0.717, 1.165) is 0 Å². The normalized spacial score (nSPS) is 14.9. The third kappa shape index (κ3) is 3.61. The molecule has 0 aromatic carbocycles. The lowest BCUT2D eigenvalue weighted by atomic mass is 10.3. The van der Waals surface area contributed by atoms with Crippen molar-refractivity contribution in [1.29, 1.82) is 0 Å². The largest absolute Gasteiger partial charge is 0.463 e. The topological polar surface area (TPSA) is 41.1 Å². The Morgan fingerprint density at radius 1 is 1.27 bits per heavy atom. The molecule has 0 rings (SSSR count). The molecular formula is C7H11F5N2O. The quantitative estimate of drug-likeness (QED) is 0.710. The van der Waals surface area contributed by atoms with Gasteiger partial charge in [0.1, 0.15) is 0 Å². The highest BCUT2D eigenvalue weighted by Crippen LogP contribution is 2.35. The van der Waals surface area contributed by atoms with E-state index in [0.29, 0.717) is 0 Å². The molecule has 8 heteroatoms. The average molecular weight is 234 g/mol. The molecule has 0 spiro atoms. The Morgan fingerprint density at radius 3 is 2.07 bits per heavy atom. The summed E-state index contributed by atoms with van der Waals surface area (Å²) in [5.74, 6) is -7.68. The molecule has 0 saturated heterocycles. The molecule has 0 fully saturated rings. The molecule has 90 valence electrons. The fourth-order valence-corrected chi connectivity index (χ4v) is 0.588. The first-order valence-corrected chi connectivity index (χ1v) is 4.03. The molecule has 0 heterocycles. The lowest BCUT2D eigenvalue weighted by Crippen LogP contribution is -2.52. The number of hydrogen-bond acceptors (Lipinski definition) is 2. The second-order valence-corrected chi connectivity index (χ2v) is 2.97. The molecule has 3 nitrogen and oxygen atoms in total. The summed E-state index contributed by atoms with van der Waals surface area (Å²) in [6, 6.07) is -0.391. The molecule has 0 radical (unpaired) electrons. The van der Waals surface area contributed by atoms with E-state index in [9.17, 15) is 26.7 Å². The van der Waals surface area contributed by atoms with E-state index >= 15 is 0 Å². The van der Waals surface area contributed by atoms with Crippen LogP contribution in [0.5, 0.6) is 0 Å². The highest BCUT2D eigenvalue weighted by atomic mass is 19.4. The van der Waals surface area contributed by atoms with Gasteiger partial charge < -0.3 is 10.6 Å². The van der Waals surface area contributed by atoms with Crippen LogP contribution in [0.15, 0.2) is 0 Å². The Bertz CT molecular complexity index is 228. The molecule has 0 aliphatic carbocycles. The second kappa shape index (κ2) is 4.73. The molecule has 0 saturated carbocycles. The van der Waals surface area contributed by atoms with E-state index in [1.807, 2.05) is 0 Å². The van der Waals surface area contributed by atoms with E-state index in [-0.39, 0.29) is 6.54 Å². The van der Waals surface area contributed by atoms with Crippen LogP contribution in [0.1, 0.15) is 6.92 Å². The van der Waals surface area contributed by atoms with Gasteiger partial charge in [-0.1, -0.05) is 0 Å². The van der Waals surface area contributed by atoms with Gasteiger partial charge in [-0.3, -0.25) is 4.79 Å². The Labute approximate surface area is 83.0 Å². The van der Waals surface area contributed by atoms with Crippen molar-refractivity contribution in [3.63, 3.8) is 0 Å². The van der Waals surface area contributed by atoms with Crippen LogP contribution in [0.25, 0.3) is 0 Å². The summed E-state index contributed by atoms with van der Waals surface area (Å²) in [4.78, 5) is 10.5. The van der Waals surface area contributed by atoms with Crippen molar-refractivity contribution in [2.24, 2.45) is 0 Å². The van der Waals surface area contributed by atoms with Crippen molar-refractivity contribution >= 4 is 5.91 Å². The van der Waals surface area contributed by atoms with Crippen molar-refractivity contribution in [3.8, 4) is 0 Å². The lowest BCUT2D eigenvalue weighted by Gasteiger charge is -2.19. The number of halogens is 5. The molecular weight excluding hydrogens is 223 g/mol. The fourth-order valence-electron chi connectivity index (χ4n) is 0.588. The van der Waals surface area contributed by atoms with Crippen LogP contribution in [-0.4, -0.2) is 37.6 Å². The predicted molar refractivity (Wildman–Crippen MR) is 42.5 cm³/mol. The third-order valence-corrected chi connectivity index (χ3v) is 1.70. The molecule has 1 unspecified atom stereocenters. The van der Waals surface area contributed by atoms with Crippen LogP contribution in [0.4, 0.5) is 22.0 Å². The molecule has 2 N–H and O–H groups in total. The molecule has 0 aromatic rings. The Kier molecular flexibility index (Phi) is 4.44. The zero-order valence-electron chi connectivity index (χ0n) is 8.08. The maximum atomic E-state index is 12.3. The summed E-state index contributed by atoms with van der Waals surface area (Å²) in [7, 11) is 1.48. The third-order valence-electron chi connectivity index (χ3n) is 1.70. The summed E-state index contributed by atoms with van der Waals surface area (Å²) < 4.78 is 59.6. The molecule has 0 aliphatic rings. The summed E-state index contributed by atoms with van der Waals surface area (Å²) >= 11 is 0. The first-order valence-electron chi connectivity index (χ1n) is 4.03. The monoisotopic (exact) mass is 234 g/mol. The Morgan fingerprint density at radius 2 is 1.73 bits per heavy atom. The van der Waals surface area contributed by atoms with Crippen LogP contribution in [0.3, 0.4) is 0 Å². The maximum Gasteiger partial charge on any atom is 0.463 e. The fraction of sp³-hybridized carbons (Fsp3) is 0.857. The summed E-state index contributed by atoms with van der Waals surface area (Å²) in [5, 5.41) is 4.08. The summed E-state index contributed by atoms with van der Waals surface area (Å²) in [5.41, 5.74) is 0. The van der Waals surface area contributed by atoms with Gasteiger partial charge in [0.15, 0.2) is 0 Å². The molecule has 1 atom stereocenters. The summed E-state index contributed by atoms with van der Waals surface area (Å²) in [6.45, 7) is 1.22. The Hall–Kier alpha value is -0.920. The van der Waals surface area contributed by atoms with Gasteiger partial charge >= 0.3 is 12.1 Å². The van der Waals surface area contributed by atoms with Crippen molar-refractivity contribution in [2.45, 2.75) is 25.1 Å². The van der Waals surface area contributed by atoms with Crippen molar-refractivity contribution in [1.82, 2.24) is 10.6 Å². The average Bonchev–Trinajstić information content (AvgIpc) is 2.11. The molecule has 15 heavy (non-hydrogen) atoms. The first kappa shape index (κ1) is 14.1. The highest BCUT2D eigenvalue weighted by Gasteiger charge is 2.63. The van der Waals surface area contributed by atoms with Crippen LogP contribution < -0.4 is 10.6 Å². The minimum Gasteiger partial charge on any atom is -0.349 e. The zero-order chi connectivity index (χ0) is 12.3.